The molecule has 1 saturated carbocycles. The van der Waals surface area contributed by atoms with E-state index in [1.54, 1.807) is 14.2 Å². The molecule has 0 amide bonds. The van der Waals surface area contributed by atoms with Crippen molar-refractivity contribution in [3.63, 3.8) is 0 Å². The highest BCUT2D eigenvalue weighted by atomic mass is 127. The molecule has 1 aliphatic heterocycles. The van der Waals surface area contributed by atoms with Crippen molar-refractivity contribution in [2.24, 2.45) is 16.3 Å². The fraction of sp³-hybridized carbons (Fsp3) is 0.696. The van der Waals surface area contributed by atoms with Gasteiger partial charge in [-0.05, 0) is 49.1 Å². The summed E-state index contributed by atoms with van der Waals surface area (Å²) in [5, 5.41) is 7.15. The van der Waals surface area contributed by atoms with Gasteiger partial charge in [0, 0.05) is 46.9 Å². The van der Waals surface area contributed by atoms with Crippen molar-refractivity contribution < 1.29 is 9.47 Å². The van der Waals surface area contributed by atoms with Gasteiger partial charge < -0.3 is 25.0 Å². The van der Waals surface area contributed by atoms with Gasteiger partial charge in [0.2, 0.25) is 0 Å². The molecule has 170 valence electrons. The van der Waals surface area contributed by atoms with Crippen LogP contribution in [0.4, 0.5) is 5.69 Å². The quantitative estimate of drug-likeness (QED) is 0.288. The minimum absolute atomic E-state index is 0. The van der Waals surface area contributed by atoms with Crippen molar-refractivity contribution in [2.45, 2.75) is 38.5 Å². The molecule has 1 aliphatic carbocycles. The number of nitrogens with one attached hydrogen (secondary N) is 2. The number of halogens is 1. The van der Waals surface area contributed by atoms with Crippen LogP contribution in [0.2, 0.25) is 0 Å². The Balaban J connectivity index is 0.00000320. The van der Waals surface area contributed by atoms with Crippen molar-refractivity contribution in [1.82, 2.24) is 10.6 Å². The van der Waals surface area contributed by atoms with E-state index in [0.717, 1.165) is 50.9 Å². The van der Waals surface area contributed by atoms with Crippen LogP contribution in [-0.4, -0.2) is 60.0 Å². The first-order chi connectivity index (χ1) is 14.2. The van der Waals surface area contributed by atoms with E-state index in [0.29, 0.717) is 11.3 Å². The summed E-state index contributed by atoms with van der Waals surface area (Å²) in [5.41, 5.74) is 1.56. The summed E-state index contributed by atoms with van der Waals surface area (Å²) in [4.78, 5) is 6.89. The molecule has 1 atom stereocenters. The van der Waals surface area contributed by atoms with Crippen molar-refractivity contribution in [1.29, 1.82) is 0 Å². The Morgan fingerprint density at radius 2 is 1.97 bits per heavy atom. The molecule has 1 aromatic rings. The average molecular weight is 530 g/mol. The number of ether oxygens (including phenoxy) is 2. The maximum absolute atomic E-state index is 5.53. The Morgan fingerprint density at radius 1 is 1.20 bits per heavy atom. The highest BCUT2D eigenvalue weighted by molar-refractivity contribution is 14.0. The number of rotatable bonds is 9. The summed E-state index contributed by atoms with van der Waals surface area (Å²) in [7, 11) is 5.40. The van der Waals surface area contributed by atoms with Crippen LogP contribution in [0.5, 0.6) is 5.75 Å². The van der Waals surface area contributed by atoms with Gasteiger partial charge in [0.05, 0.1) is 12.8 Å². The van der Waals surface area contributed by atoms with Crippen LogP contribution in [0.25, 0.3) is 0 Å². The lowest BCUT2D eigenvalue weighted by molar-refractivity contribution is 0.138. The zero-order valence-corrected chi connectivity index (χ0v) is 21.1. The van der Waals surface area contributed by atoms with E-state index in [1.165, 1.54) is 37.8 Å². The summed E-state index contributed by atoms with van der Waals surface area (Å²) in [6.07, 6.45) is 7.55. The Hall–Kier alpha value is -1.22. The van der Waals surface area contributed by atoms with Crippen molar-refractivity contribution in [2.75, 3.05) is 59.0 Å². The van der Waals surface area contributed by atoms with Crippen LogP contribution in [-0.2, 0) is 4.74 Å². The number of para-hydroxylation sites is 2. The van der Waals surface area contributed by atoms with Crippen LogP contribution < -0.4 is 20.3 Å². The molecule has 2 N–H and O–H groups in total. The van der Waals surface area contributed by atoms with E-state index in [4.69, 9.17) is 9.47 Å². The predicted octanol–water partition coefficient (Wildman–Crippen LogP) is 3.90. The summed E-state index contributed by atoms with van der Waals surface area (Å²) >= 11 is 0. The number of guanidine groups is 1. The molecule has 2 fully saturated rings. The van der Waals surface area contributed by atoms with Crippen LogP contribution >= 0.6 is 24.0 Å². The molecular weight excluding hydrogens is 491 g/mol. The van der Waals surface area contributed by atoms with Gasteiger partial charge in [0.15, 0.2) is 5.96 Å². The van der Waals surface area contributed by atoms with E-state index in [9.17, 15) is 0 Å². The van der Waals surface area contributed by atoms with Gasteiger partial charge in [-0.2, -0.15) is 0 Å². The number of nitrogens with zero attached hydrogens (tertiary/aromatic N) is 2. The maximum Gasteiger partial charge on any atom is 0.191 e. The van der Waals surface area contributed by atoms with E-state index < -0.39 is 0 Å². The smallest absolute Gasteiger partial charge is 0.191 e. The van der Waals surface area contributed by atoms with E-state index in [2.05, 4.69) is 32.7 Å². The molecular formula is C23H39IN4O2. The first-order valence-corrected chi connectivity index (χ1v) is 11.0. The third kappa shape index (κ3) is 6.64. The number of hydrogen-bond donors (Lipinski definition) is 2. The molecule has 7 heteroatoms. The maximum atomic E-state index is 5.53. The monoisotopic (exact) mass is 530 g/mol. The second-order valence-corrected chi connectivity index (χ2v) is 8.53. The van der Waals surface area contributed by atoms with E-state index >= 15 is 0 Å². The second kappa shape index (κ2) is 12.6. The Bertz CT molecular complexity index is 664. The standard InChI is InChI=1S/C23H38N4O2.HI/c1-24-22(26-18-23(13-15-28-2)11-6-7-12-23)25-16-19-10-14-27(17-19)20-8-4-5-9-21(20)29-3;/h4-5,8-9,19H,6-7,10-18H2,1-3H3,(H2,24,25,26);1H. The lowest BCUT2D eigenvalue weighted by Gasteiger charge is -2.30. The number of hydrogen-bond acceptors (Lipinski definition) is 4. The van der Waals surface area contributed by atoms with Crippen molar-refractivity contribution >= 4 is 35.6 Å². The molecule has 1 unspecified atom stereocenters. The van der Waals surface area contributed by atoms with Gasteiger partial charge in [-0.15, -0.1) is 24.0 Å². The van der Waals surface area contributed by atoms with Crippen molar-refractivity contribution in [3.8, 4) is 5.75 Å². The molecule has 0 aromatic heterocycles. The van der Waals surface area contributed by atoms with Gasteiger partial charge in [-0.3, -0.25) is 4.99 Å². The predicted molar refractivity (Wildman–Crippen MR) is 135 cm³/mol. The Kier molecular flexibility index (Phi) is 10.5. The van der Waals surface area contributed by atoms with Gasteiger partial charge in [-0.1, -0.05) is 25.0 Å². The van der Waals surface area contributed by atoms with Gasteiger partial charge in [-0.25, -0.2) is 0 Å². The molecule has 0 radical (unpaired) electrons. The topological polar surface area (TPSA) is 58.1 Å². The largest absolute Gasteiger partial charge is 0.495 e. The lowest BCUT2D eigenvalue weighted by Crippen LogP contribution is -2.45. The molecule has 1 aromatic carbocycles. The van der Waals surface area contributed by atoms with E-state index in [-0.39, 0.29) is 24.0 Å². The second-order valence-electron chi connectivity index (χ2n) is 8.53. The third-order valence-corrected chi connectivity index (χ3v) is 6.63. The molecule has 1 saturated heterocycles. The number of anilines is 1. The number of methoxy groups -OCH3 is 2. The zero-order valence-electron chi connectivity index (χ0n) is 18.8. The summed E-state index contributed by atoms with van der Waals surface area (Å²) < 4.78 is 10.9. The first-order valence-electron chi connectivity index (χ1n) is 11.0. The number of aliphatic imine (C=N–C) groups is 1. The van der Waals surface area contributed by atoms with Gasteiger partial charge in [0.1, 0.15) is 5.75 Å². The molecule has 0 bridgehead atoms. The molecule has 3 rings (SSSR count). The zero-order chi connectivity index (χ0) is 20.5. The fourth-order valence-electron chi connectivity index (χ4n) is 4.80. The number of benzene rings is 1. The van der Waals surface area contributed by atoms with E-state index in [1.807, 2.05) is 19.2 Å². The third-order valence-electron chi connectivity index (χ3n) is 6.63. The SMILES string of the molecule is CN=C(NCC1CCN(c2ccccc2OC)C1)NCC1(CCOC)CCCC1.I. The van der Waals surface area contributed by atoms with Crippen LogP contribution in [0.3, 0.4) is 0 Å². The molecule has 6 nitrogen and oxygen atoms in total. The summed E-state index contributed by atoms with van der Waals surface area (Å²) in [6, 6.07) is 8.29. The average Bonchev–Trinajstić information content (AvgIpc) is 3.42. The highest BCUT2D eigenvalue weighted by Crippen LogP contribution is 2.40. The Labute approximate surface area is 199 Å². The highest BCUT2D eigenvalue weighted by Gasteiger charge is 2.33. The fourth-order valence-corrected chi connectivity index (χ4v) is 4.80. The first kappa shape index (κ1) is 25.0. The summed E-state index contributed by atoms with van der Waals surface area (Å²) in [5.74, 6) is 2.48. The minimum atomic E-state index is 0. The van der Waals surface area contributed by atoms with Crippen LogP contribution in [0.15, 0.2) is 29.3 Å². The van der Waals surface area contributed by atoms with Crippen molar-refractivity contribution in [3.05, 3.63) is 24.3 Å². The molecule has 1 heterocycles. The van der Waals surface area contributed by atoms with Gasteiger partial charge >= 0.3 is 0 Å². The molecule has 30 heavy (non-hydrogen) atoms. The normalized spacial score (nSPS) is 20.7. The minimum Gasteiger partial charge on any atom is -0.495 e. The van der Waals surface area contributed by atoms with Crippen LogP contribution in [0, 0.1) is 11.3 Å². The summed E-state index contributed by atoms with van der Waals surface area (Å²) in [6.45, 7) is 4.88. The molecule has 2 aliphatic rings. The lowest BCUT2D eigenvalue weighted by atomic mass is 9.83. The van der Waals surface area contributed by atoms with Crippen LogP contribution in [0.1, 0.15) is 38.5 Å². The molecule has 0 spiro atoms. The van der Waals surface area contributed by atoms with Gasteiger partial charge in [0.25, 0.3) is 0 Å². The Morgan fingerprint density at radius 3 is 2.67 bits per heavy atom.